The van der Waals surface area contributed by atoms with E-state index in [1.807, 2.05) is 0 Å². The summed E-state index contributed by atoms with van der Waals surface area (Å²) < 4.78 is 5.56. The molecule has 1 unspecified atom stereocenters. The molecule has 1 N–H and O–H groups in total. The van der Waals surface area contributed by atoms with Gasteiger partial charge in [-0.25, -0.2) is 0 Å². The van der Waals surface area contributed by atoms with Crippen LogP contribution in [0.3, 0.4) is 0 Å². The summed E-state index contributed by atoms with van der Waals surface area (Å²) in [5.41, 5.74) is -0.106. The molecule has 0 spiro atoms. The number of nitrogens with zero attached hydrogens (tertiary/aromatic N) is 2. The van der Waals surface area contributed by atoms with Crippen LogP contribution in [0.25, 0.3) is 0 Å². The van der Waals surface area contributed by atoms with Crippen LogP contribution in [0.15, 0.2) is 4.52 Å². The molecular formula is C15H25N3O. The highest BCUT2D eigenvalue weighted by Gasteiger charge is 2.35. The van der Waals surface area contributed by atoms with Crippen molar-refractivity contribution in [1.29, 1.82) is 0 Å². The molecule has 2 aliphatic rings. The molecule has 106 valence electrons. The Hall–Kier alpha value is -0.900. The fourth-order valence-electron chi connectivity index (χ4n) is 3.38. The number of rotatable bonds is 2. The van der Waals surface area contributed by atoms with E-state index in [1.54, 1.807) is 0 Å². The van der Waals surface area contributed by atoms with Gasteiger partial charge >= 0.3 is 0 Å². The second kappa shape index (κ2) is 5.23. The fraction of sp³-hybridized carbons (Fsp3) is 0.867. The third kappa shape index (κ3) is 2.69. The maximum absolute atomic E-state index is 5.56. The van der Waals surface area contributed by atoms with E-state index in [-0.39, 0.29) is 5.54 Å². The van der Waals surface area contributed by atoms with E-state index in [4.69, 9.17) is 9.51 Å². The SMILES string of the molecule is CC1CCC(c2noc(C3(C)CCCCN3)n2)CC1. The van der Waals surface area contributed by atoms with Crippen LogP contribution >= 0.6 is 0 Å². The first kappa shape index (κ1) is 13.1. The zero-order valence-corrected chi connectivity index (χ0v) is 12.1. The van der Waals surface area contributed by atoms with Crippen molar-refractivity contribution >= 4 is 0 Å². The summed E-state index contributed by atoms with van der Waals surface area (Å²) in [6.07, 6.45) is 8.60. The van der Waals surface area contributed by atoms with E-state index >= 15 is 0 Å². The first-order chi connectivity index (χ1) is 9.17. The zero-order chi connectivity index (χ0) is 13.3. The smallest absolute Gasteiger partial charge is 0.246 e. The average molecular weight is 263 g/mol. The minimum Gasteiger partial charge on any atom is -0.337 e. The predicted octanol–water partition coefficient (Wildman–Crippen LogP) is 3.35. The third-order valence-corrected chi connectivity index (χ3v) is 4.91. The number of piperidine rings is 1. The van der Waals surface area contributed by atoms with Crippen molar-refractivity contribution in [3.05, 3.63) is 11.7 Å². The van der Waals surface area contributed by atoms with Crippen LogP contribution in [-0.4, -0.2) is 16.7 Å². The van der Waals surface area contributed by atoms with Gasteiger partial charge in [-0.05, 0) is 51.5 Å². The summed E-state index contributed by atoms with van der Waals surface area (Å²) in [4.78, 5) is 4.71. The zero-order valence-electron chi connectivity index (χ0n) is 12.1. The summed E-state index contributed by atoms with van der Waals surface area (Å²) in [6, 6.07) is 0. The summed E-state index contributed by atoms with van der Waals surface area (Å²) in [7, 11) is 0. The van der Waals surface area contributed by atoms with Gasteiger partial charge in [0.25, 0.3) is 0 Å². The molecule has 1 atom stereocenters. The lowest BCUT2D eigenvalue weighted by molar-refractivity contribution is 0.206. The molecule has 1 aromatic rings. The maximum atomic E-state index is 5.56. The second-order valence-electron chi connectivity index (χ2n) is 6.63. The molecule has 0 amide bonds. The first-order valence-corrected chi connectivity index (χ1v) is 7.76. The van der Waals surface area contributed by atoms with Crippen LogP contribution in [0.2, 0.25) is 0 Å². The van der Waals surface area contributed by atoms with Crippen LogP contribution in [0.4, 0.5) is 0 Å². The monoisotopic (exact) mass is 263 g/mol. The van der Waals surface area contributed by atoms with Gasteiger partial charge in [-0.1, -0.05) is 24.9 Å². The Morgan fingerprint density at radius 2 is 2.00 bits per heavy atom. The van der Waals surface area contributed by atoms with Gasteiger partial charge in [0.2, 0.25) is 5.89 Å². The molecule has 0 radical (unpaired) electrons. The van der Waals surface area contributed by atoms with Crippen molar-refractivity contribution < 1.29 is 4.52 Å². The summed E-state index contributed by atoms with van der Waals surface area (Å²) >= 11 is 0. The molecule has 4 nitrogen and oxygen atoms in total. The molecule has 1 saturated heterocycles. The Bertz CT molecular complexity index is 415. The van der Waals surface area contributed by atoms with E-state index < -0.39 is 0 Å². The predicted molar refractivity (Wildman–Crippen MR) is 73.9 cm³/mol. The number of hydrogen-bond donors (Lipinski definition) is 1. The average Bonchev–Trinajstić information content (AvgIpc) is 2.91. The summed E-state index contributed by atoms with van der Waals surface area (Å²) in [5.74, 6) is 3.11. The molecule has 0 bridgehead atoms. The van der Waals surface area contributed by atoms with E-state index in [0.29, 0.717) is 5.92 Å². The van der Waals surface area contributed by atoms with Crippen molar-refractivity contribution in [1.82, 2.24) is 15.5 Å². The van der Waals surface area contributed by atoms with Gasteiger partial charge in [-0.15, -0.1) is 0 Å². The molecule has 1 aromatic heterocycles. The number of nitrogens with one attached hydrogen (secondary N) is 1. The Morgan fingerprint density at radius 3 is 2.68 bits per heavy atom. The molecule has 4 heteroatoms. The fourth-order valence-corrected chi connectivity index (χ4v) is 3.38. The number of aromatic nitrogens is 2. The van der Waals surface area contributed by atoms with E-state index in [2.05, 4.69) is 24.3 Å². The normalized spacial score (nSPS) is 36.3. The van der Waals surface area contributed by atoms with Crippen molar-refractivity contribution in [2.75, 3.05) is 6.54 Å². The Morgan fingerprint density at radius 1 is 1.21 bits per heavy atom. The lowest BCUT2D eigenvalue weighted by Gasteiger charge is -2.31. The molecule has 3 rings (SSSR count). The minimum absolute atomic E-state index is 0.106. The van der Waals surface area contributed by atoms with Crippen LogP contribution in [0.5, 0.6) is 0 Å². The van der Waals surface area contributed by atoms with Crippen molar-refractivity contribution in [2.24, 2.45) is 5.92 Å². The quantitative estimate of drug-likeness (QED) is 0.889. The summed E-state index contributed by atoms with van der Waals surface area (Å²) in [5, 5.41) is 7.80. The Labute approximate surface area is 115 Å². The maximum Gasteiger partial charge on any atom is 0.246 e. The van der Waals surface area contributed by atoms with E-state index in [0.717, 1.165) is 30.6 Å². The van der Waals surface area contributed by atoms with Gasteiger partial charge in [0.05, 0.1) is 5.54 Å². The Balaban J connectivity index is 1.72. The van der Waals surface area contributed by atoms with E-state index in [9.17, 15) is 0 Å². The van der Waals surface area contributed by atoms with E-state index in [1.165, 1.54) is 38.5 Å². The molecule has 2 fully saturated rings. The molecule has 19 heavy (non-hydrogen) atoms. The number of hydrogen-bond acceptors (Lipinski definition) is 4. The van der Waals surface area contributed by atoms with Crippen LogP contribution in [0.1, 0.15) is 76.4 Å². The van der Waals surface area contributed by atoms with Gasteiger partial charge in [0.15, 0.2) is 5.82 Å². The van der Waals surface area contributed by atoms with Gasteiger partial charge in [0.1, 0.15) is 0 Å². The lowest BCUT2D eigenvalue weighted by Crippen LogP contribution is -2.43. The third-order valence-electron chi connectivity index (χ3n) is 4.91. The van der Waals surface area contributed by atoms with Crippen molar-refractivity contribution in [3.63, 3.8) is 0 Å². The molecule has 1 aliphatic carbocycles. The van der Waals surface area contributed by atoms with Crippen molar-refractivity contribution in [2.45, 2.75) is 70.3 Å². The van der Waals surface area contributed by atoms with Crippen molar-refractivity contribution in [3.8, 4) is 0 Å². The highest BCUT2D eigenvalue weighted by molar-refractivity contribution is 5.06. The van der Waals surface area contributed by atoms with Gasteiger partial charge in [0, 0.05) is 5.92 Å². The highest BCUT2D eigenvalue weighted by atomic mass is 16.5. The largest absolute Gasteiger partial charge is 0.337 e. The molecular weight excluding hydrogens is 238 g/mol. The minimum atomic E-state index is -0.106. The van der Waals surface area contributed by atoms with Crippen LogP contribution < -0.4 is 5.32 Å². The molecule has 0 aromatic carbocycles. The van der Waals surface area contributed by atoms with Gasteiger partial charge in [-0.3, -0.25) is 0 Å². The molecule has 1 saturated carbocycles. The van der Waals surface area contributed by atoms with Gasteiger partial charge in [-0.2, -0.15) is 4.98 Å². The molecule has 2 heterocycles. The topological polar surface area (TPSA) is 51.0 Å². The highest BCUT2D eigenvalue weighted by Crippen LogP contribution is 2.35. The Kier molecular flexibility index (Phi) is 3.61. The van der Waals surface area contributed by atoms with Gasteiger partial charge < -0.3 is 9.84 Å². The molecule has 1 aliphatic heterocycles. The van der Waals surface area contributed by atoms with Crippen LogP contribution in [-0.2, 0) is 5.54 Å². The first-order valence-electron chi connectivity index (χ1n) is 7.76. The second-order valence-corrected chi connectivity index (χ2v) is 6.63. The summed E-state index contributed by atoms with van der Waals surface area (Å²) in [6.45, 7) is 5.58. The van der Waals surface area contributed by atoms with Crippen LogP contribution in [0, 0.1) is 5.92 Å². The lowest BCUT2D eigenvalue weighted by atomic mass is 9.82. The standard InChI is InChI=1S/C15H25N3O/c1-11-5-7-12(8-6-11)13-17-14(19-18-13)15(2)9-3-4-10-16-15/h11-12,16H,3-10H2,1-2H3.